The van der Waals surface area contributed by atoms with Crippen molar-refractivity contribution in [2.24, 2.45) is 0 Å². The zero-order chi connectivity index (χ0) is 16.2. The fourth-order valence-corrected chi connectivity index (χ4v) is 3.85. The Hall–Kier alpha value is -1.52. The van der Waals surface area contributed by atoms with Gasteiger partial charge in [0, 0.05) is 12.6 Å². The molecule has 1 atom stereocenters. The average molecular weight is 376 g/mol. The Morgan fingerprint density at radius 3 is 2.52 bits per heavy atom. The van der Waals surface area contributed by atoms with Crippen molar-refractivity contribution in [1.82, 2.24) is 4.90 Å². The summed E-state index contributed by atoms with van der Waals surface area (Å²) in [4.78, 5) is 2.55. The summed E-state index contributed by atoms with van der Waals surface area (Å²) >= 11 is 3.58. The summed E-state index contributed by atoms with van der Waals surface area (Å²) in [6, 6.07) is 15.3. The smallest absolute Gasteiger partial charge is 0.133 e. The molecule has 0 unspecified atom stereocenters. The summed E-state index contributed by atoms with van der Waals surface area (Å²) in [5.41, 5.74) is 2.67. The number of benzene rings is 2. The van der Waals surface area contributed by atoms with Crippen LogP contribution in [0.5, 0.6) is 11.5 Å². The number of hydrogen-bond acceptors (Lipinski definition) is 3. The van der Waals surface area contributed by atoms with Gasteiger partial charge in [-0.05, 0) is 70.7 Å². The van der Waals surface area contributed by atoms with Gasteiger partial charge in [0.1, 0.15) is 11.5 Å². The Kier molecular flexibility index (Phi) is 5.23. The Morgan fingerprint density at radius 1 is 1.09 bits per heavy atom. The van der Waals surface area contributed by atoms with Gasteiger partial charge in [0.2, 0.25) is 0 Å². The maximum absolute atomic E-state index is 5.31. The molecule has 0 aromatic heterocycles. The molecular weight excluding hydrogens is 354 g/mol. The molecule has 122 valence electrons. The molecule has 3 rings (SSSR count). The minimum atomic E-state index is 0.488. The van der Waals surface area contributed by atoms with Gasteiger partial charge in [0.25, 0.3) is 0 Å². The third-order valence-electron chi connectivity index (χ3n) is 4.47. The second-order valence-electron chi connectivity index (χ2n) is 5.87. The number of hydrogen-bond donors (Lipinski definition) is 0. The molecule has 0 N–H and O–H groups in total. The quantitative estimate of drug-likeness (QED) is 0.748. The zero-order valence-electron chi connectivity index (χ0n) is 13.6. The van der Waals surface area contributed by atoms with E-state index in [1.165, 1.54) is 24.0 Å². The van der Waals surface area contributed by atoms with Crippen LogP contribution >= 0.6 is 15.9 Å². The topological polar surface area (TPSA) is 21.7 Å². The molecule has 2 aromatic rings. The predicted molar refractivity (Wildman–Crippen MR) is 96.1 cm³/mol. The van der Waals surface area contributed by atoms with Gasteiger partial charge in [-0.2, -0.15) is 0 Å². The number of rotatable bonds is 5. The molecule has 0 amide bonds. The normalized spacial score (nSPS) is 18.1. The zero-order valence-corrected chi connectivity index (χ0v) is 15.2. The molecule has 1 fully saturated rings. The highest BCUT2D eigenvalue weighted by Crippen LogP contribution is 2.35. The molecular formula is C19H22BrNO2. The van der Waals surface area contributed by atoms with Crippen molar-refractivity contribution in [1.29, 1.82) is 0 Å². The third kappa shape index (κ3) is 3.70. The monoisotopic (exact) mass is 375 g/mol. The highest BCUT2D eigenvalue weighted by Gasteiger charge is 2.26. The molecule has 1 saturated heterocycles. The van der Waals surface area contributed by atoms with Crippen LogP contribution in [-0.4, -0.2) is 25.7 Å². The fraction of sp³-hybridized carbons (Fsp3) is 0.368. The molecule has 0 saturated carbocycles. The minimum Gasteiger partial charge on any atom is -0.497 e. The van der Waals surface area contributed by atoms with Gasteiger partial charge in [-0.15, -0.1) is 0 Å². The molecule has 1 heterocycles. The van der Waals surface area contributed by atoms with Crippen LogP contribution in [0.2, 0.25) is 0 Å². The highest BCUT2D eigenvalue weighted by molar-refractivity contribution is 9.10. The van der Waals surface area contributed by atoms with E-state index in [4.69, 9.17) is 9.47 Å². The summed E-state index contributed by atoms with van der Waals surface area (Å²) < 4.78 is 11.6. The minimum absolute atomic E-state index is 0.488. The molecule has 4 heteroatoms. The predicted octanol–water partition coefficient (Wildman–Crippen LogP) is 4.80. The number of likely N-dealkylation sites (tertiary alicyclic amines) is 1. The van der Waals surface area contributed by atoms with Gasteiger partial charge in [-0.3, -0.25) is 4.90 Å². The second-order valence-corrected chi connectivity index (χ2v) is 6.72. The Bertz CT molecular complexity index is 657. The third-order valence-corrected chi connectivity index (χ3v) is 5.09. The molecule has 3 nitrogen and oxygen atoms in total. The van der Waals surface area contributed by atoms with E-state index in [9.17, 15) is 0 Å². The van der Waals surface area contributed by atoms with Gasteiger partial charge >= 0.3 is 0 Å². The first kappa shape index (κ1) is 16.3. The molecule has 0 spiro atoms. The van der Waals surface area contributed by atoms with Crippen LogP contribution in [0.3, 0.4) is 0 Å². The van der Waals surface area contributed by atoms with Crippen molar-refractivity contribution in [3.05, 3.63) is 58.1 Å². The van der Waals surface area contributed by atoms with E-state index in [0.717, 1.165) is 29.1 Å². The lowest BCUT2D eigenvalue weighted by atomic mass is 10.0. The van der Waals surface area contributed by atoms with E-state index in [-0.39, 0.29) is 0 Å². The number of methoxy groups -OCH3 is 2. The highest BCUT2D eigenvalue weighted by atomic mass is 79.9. The van der Waals surface area contributed by atoms with Gasteiger partial charge in [-0.1, -0.05) is 18.2 Å². The molecule has 2 aromatic carbocycles. The standard InChI is InChI=1S/C19H22BrNO2/c1-22-16-8-6-15(7-9-16)18-4-3-11-21(18)13-14-5-10-19(23-2)17(20)12-14/h5-10,12,18H,3-4,11,13H2,1-2H3/t18-/m0/s1. The van der Waals surface area contributed by atoms with Crippen molar-refractivity contribution in [3.8, 4) is 11.5 Å². The first-order chi connectivity index (χ1) is 11.2. The summed E-state index contributed by atoms with van der Waals surface area (Å²) in [6.45, 7) is 2.10. The Balaban J connectivity index is 1.74. The van der Waals surface area contributed by atoms with Crippen LogP contribution in [0.25, 0.3) is 0 Å². The summed E-state index contributed by atoms with van der Waals surface area (Å²) in [7, 11) is 3.40. The summed E-state index contributed by atoms with van der Waals surface area (Å²) in [5.74, 6) is 1.79. The number of ether oxygens (including phenoxy) is 2. The van der Waals surface area contributed by atoms with Gasteiger partial charge < -0.3 is 9.47 Å². The van der Waals surface area contributed by atoms with E-state index in [1.807, 2.05) is 6.07 Å². The SMILES string of the molecule is COc1ccc([C@@H]2CCCN2Cc2ccc(OC)c(Br)c2)cc1. The van der Waals surface area contributed by atoms with Crippen LogP contribution in [-0.2, 0) is 6.54 Å². The van der Waals surface area contributed by atoms with E-state index in [2.05, 4.69) is 57.2 Å². The molecule has 23 heavy (non-hydrogen) atoms. The van der Waals surface area contributed by atoms with Crippen molar-refractivity contribution in [2.45, 2.75) is 25.4 Å². The molecule has 0 bridgehead atoms. The lowest BCUT2D eigenvalue weighted by molar-refractivity contribution is 0.248. The lowest BCUT2D eigenvalue weighted by Crippen LogP contribution is -2.22. The lowest BCUT2D eigenvalue weighted by Gasteiger charge is -2.25. The van der Waals surface area contributed by atoms with Crippen molar-refractivity contribution in [3.63, 3.8) is 0 Å². The first-order valence-electron chi connectivity index (χ1n) is 7.91. The van der Waals surface area contributed by atoms with Gasteiger partial charge in [0.05, 0.1) is 18.7 Å². The maximum Gasteiger partial charge on any atom is 0.133 e. The summed E-state index contributed by atoms with van der Waals surface area (Å²) in [6.07, 6.45) is 2.46. The molecule has 1 aliphatic rings. The van der Waals surface area contributed by atoms with Gasteiger partial charge in [0.15, 0.2) is 0 Å². The number of nitrogens with zero attached hydrogens (tertiary/aromatic N) is 1. The van der Waals surface area contributed by atoms with E-state index >= 15 is 0 Å². The second kappa shape index (κ2) is 7.37. The Labute approximate surface area is 146 Å². The van der Waals surface area contributed by atoms with Crippen LogP contribution in [0.15, 0.2) is 46.9 Å². The maximum atomic E-state index is 5.31. The molecule has 0 aliphatic carbocycles. The number of halogens is 1. The first-order valence-corrected chi connectivity index (χ1v) is 8.71. The molecule has 1 aliphatic heterocycles. The Morgan fingerprint density at radius 2 is 1.87 bits per heavy atom. The van der Waals surface area contributed by atoms with E-state index in [1.54, 1.807) is 14.2 Å². The van der Waals surface area contributed by atoms with Crippen LogP contribution < -0.4 is 9.47 Å². The van der Waals surface area contributed by atoms with Crippen LogP contribution in [0.4, 0.5) is 0 Å². The summed E-state index contributed by atoms with van der Waals surface area (Å²) in [5, 5.41) is 0. The van der Waals surface area contributed by atoms with Crippen LogP contribution in [0.1, 0.15) is 30.0 Å². The largest absolute Gasteiger partial charge is 0.497 e. The van der Waals surface area contributed by atoms with Gasteiger partial charge in [-0.25, -0.2) is 0 Å². The molecule has 0 radical (unpaired) electrons. The van der Waals surface area contributed by atoms with E-state index in [0.29, 0.717) is 6.04 Å². The van der Waals surface area contributed by atoms with Crippen molar-refractivity contribution >= 4 is 15.9 Å². The van der Waals surface area contributed by atoms with Crippen LogP contribution in [0, 0.1) is 0 Å². The fourth-order valence-electron chi connectivity index (χ4n) is 3.26. The average Bonchev–Trinajstić information content (AvgIpc) is 3.03. The van der Waals surface area contributed by atoms with Crippen molar-refractivity contribution < 1.29 is 9.47 Å². The van der Waals surface area contributed by atoms with Crippen molar-refractivity contribution in [2.75, 3.05) is 20.8 Å². The van der Waals surface area contributed by atoms with E-state index < -0.39 is 0 Å².